The van der Waals surface area contributed by atoms with Crippen LogP contribution in [0.3, 0.4) is 0 Å². The SMILES string of the molecule is CC.Cc1ccc(CC(NC(=O)c2cc(=O)c3ccccc3o2)C(=O)N2CCN(c3ccccc3CN3CCCC3=O)CC2)cc1. The molecule has 1 atom stereocenters. The molecule has 2 fully saturated rings. The Bertz CT molecular complexity index is 1740. The summed E-state index contributed by atoms with van der Waals surface area (Å²) in [7, 11) is 0. The summed E-state index contributed by atoms with van der Waals surface area (Å²) < 4.78 is 5.76. The van der Waals surface area contributed by atoms with Crippen LogP contribution in [0.25, 0.3) is 11.0 Å². The van der Waals surface area contributed by atoms with Gasteiger partial charge >= 0.3 is 0 Å². The number of carbonyl (C=O) groups is 3. The molecule has 0 spiro atoms. The maximum atomic E-state index is 13.9. The molecule has 2 aliphatic rings. The molecule has 2 aliphatic heterocycles. The van der Waals surface area contributed by atoms with Crippen molar-refractivity contribution in [3.05, 3.63) is 112 Å². The Kier molecular flexibility index (Phi) is 10.5. The summed E-state index contributed by atoms with van der Waals surface area (Å²) in [5.41, 5.74) is 4.20. The minimum atomic E-state index is -0.845. The molecule has 240 valence electrons. The second kappa shape index (κ2) is 14.9. The van der Waals surface area contributed by atoms with Crippen LogP contribution in [0.2, 0.25) is 0 Å². The fraction of sp³-hybridized carbons (Fsp3) is 0.351. The van der Waals surface area contributed by atoms with E-state index in [9.17, 15) is 19.2 Å². The van der Waals surface area contributed by atoms with E-state index in [1.165, 1.54) is 6.07 Å². The van der Waals surface area contributed by atoms with E-state index in [4.69, 9.17) is 4.42 Å². The average molecular weight is 623 g/mol. The number of amides is 3. The summed E-state index contributed by atoms with van der Waals surface area (Å²) in [4.78, 5) is 58.2. The van der Waals surface area contributed by atoms with Crippen LogP contribution in [0.5, 0.6) is 0 Å². The van der Waals surface area contributed by atoms with Crippen molar-refractivity contribution in [3.63, 3.8) is 0 Å². The summed E-state index contributed by atoms with van der Waals surface area (Å²) in [5.74, 6) is -0.729. The van der Waals surface area contributed by atoms with E-state index in [1.807, 2.05) is 62.1 Å². The van der Waals surface area contributed by atoms with Gasteiger partial charge in [-0.25, -0.2) is 0 Å². The molecular formula is C37H42N4O5. The average Bonchev–Trinajstić information content (AvgIpc) is 3.50. The van der Waals surface area contributed by atoms with Gasteiger partial charge in [0, 0.05) is 63.9 Å². The lowest BCUT2D eigenvalue weighted by Crippen LogP contribution is -2.55. The number of carbonyl (C=O) groups excluding carboxylic acids is 3. The summed E-state index contributed by atoms with van der Waals surface area (Å²) in [5, 5.41) is 3.26. The number of aryl methyl sites for hydroxylation is 1. The topological polar surface area (TPSA) is 103 Å². The molecule has 1 N–H and O–H groups in total. The van der Waals surface area contributed by atoms with Gasteiger partial charge in [-0.15, -0.1) is 0 Å². The van der Waals surface area contributed by atoms with E-state index in [0.29, 0.717) is 56.5 Å². The highest BCUT2D eigenvalue weighted by Crippen LogP contribution is 2.25. The first-order valence-electron chi connectivity index (χ1n) is 16.1. The highest BCUT2D eigenvalue weighted by molar-refractivity contribution is 5.96. The predicted octanol–water partition coefficient (Wildman–Crippen LogP) is 4.94. The van der Waals surface area contributed by atoms with Crippen molar-refractivity contribution in [2.75, 3.05) is 37.6 Å². The second-order valence-corrected chi connectivity index (χ2v) is 11.5. The Morgan fingerprint density at radius 1 is 0.870 bits per heavy atom. The van der Waals surface area contributed by atoms with Crippen molar-refractivity contribution < 1.29 is 18.8 Å². The molecule has 3 amide bonds. The van der Waals surface area contributed by atoms with Crippen molar-refractivity contribution in [3.8, 4) is 0 Å². The van der Waals surface area contributed by atoms with E-state index in [-0.39, 0.29) is 23.0 Å². The predicted molar refractivity (Wildman–Crippen MR) is 180 cm³/mol. The third-order valence-corrected chi connectivity index (χ3v) is 8.48. The molecule has 6 rings (SSSR count). The number of anilines is 1. The van der Waals surface area contributed by atoms with Crippen molar-refractivity contribution in [1.29, 1.82) is 0 Å². The van der Waals surface area contributed by atoms with E-state index in [0.717, 1.165) is 35.3 Å². The van der Waals surface area contributed by atoms with E-state index in [2.05, 4.69) is 22.3 Å². The van der Waals surface area contributed by atoms with Crippen LogP contribution in [-0.2, 0) is 22.6 Å². The summed E-state index contributed by atoms with van der Waals surface area (Å²) in [6, 6.07) is 23.1. The van der Waals surface area contributed by atoms with Gasteiger partial charge in [-0.3, -0.25) is 19.2 Å². The smallest absolute Gasteiger partial charge is 0.287 e. The van der Waals surface area contributed by atoms with E-state index < -0.39 is 11.9 Å². The number of nitrogens with zero attached hydrogens (tertiary/aromatic N) is 3. The Morgan fingerprint density at radius 3 is 2.28 bits per heavy atom. The van der Waals surface area contributed by atoms with Gasteiger partial charge in [-0.2, -0.15) is 0 Å². The lowest BCUT2D eigenvalue weighted by molar-refractivity contribution is -0.133. The molecule has 2 saturated heterocycles. The number of likely N-dealkylation sites (tertiary alicyclic amines) is 1. The van der Waals surface area contributed by atoms with Crippen molar-refractivity contribution in [2.45, 2.75) is 52.6 Å². The quantitative estimate of drug-likeness (QED) is 0.299. The Labute approximate surface area is 269 Å². The van der Waals surface area contributed by atoms with Gasteiger partial charge in [0.1, 0.15) is 11.6 Å². The zero-order chi connectivity index (χ0) is 32.6. The van der Waals surface area contributed by atoms with Crippen LogP contribution in [-0.4, -0.2) is 66.3 Å². The number of benzene rings is 3. The summed E-state index contributed by atoms with van der Waals surface area (Å²) in [6.45, 7) is 9.59. The Morgan fingerprint density at radius 2 is 1.57 bits per heavy atom. The molecule has 0 radical (unpaired) electrons. The van der Waals surface area contributed by atoms with Gasteiger partial charge in [0.15, 0.2) is 11.2 Å². The van der Waals surface area contributed by atoms with Gasteiger partial charge in [-0.1, -0.05) is 74.0 Å². The van der Waals surface area contributed by atoms with Crippen LogP contribution in [0.4, 0.5) is 5.69 Å². The first-order valence-corrected chi connectivity index (χ1v) is 16.1. The van der Waals surface area contributed by atoms with Gasteiger partial charge < -0.3 is 24.4 Å². The third kappa shape index (κ3) is 7.47. The first-order chi connectivity index (χ1) is 22.4. The molecule has 3 aromatic carbocycles. The van der Waals surface area contributed by atoms with Gasteiger partial charge in [0.25, 0.3) is 5.91 Å². The third-order valence-electron chi connectivity index (χ3n) is 8.48. The van der Waals surface area contributed by atoms with Crippen LogP contribution in [0.15, 0.2) is 88.1 Å². The summed E-state index contributed by atoms with van der Waals surface area (Å²) in [6.07, 6.45) is 1.81. The van der Waals surface area contributed by atoms with Crippen molar-refractivity contribution in [1.82, 2.24) is 15.1 Å². The number of para-hydroxylation sites is 2. The van der Waals surface area contributed by atoms with Crippen LogP contribution < -0.4 is 15.6 Å². The number of fused-ring (bicyclic) bond motifs is 1. The molecular weight excluding hydrogens is 580 g/mol. The fourth-order valence-electron chi connectivity index (χ4n) is 6.02. The standard InChI is InChI=1S/C35H36N4O5.C2H6/c1-24-12-14-25(15-13-24)21-28(36-34(42)32-22-30(40)27-8-3-5-10-31(27)44-32)35(43)38-19-17-37(18-20-38)29-9-4-2-7-26(29)23-39-16-6-11-33(39)41;1-2/h2-5,7-10,12-15,22,28H,6,11,16-21,23H2,1H3,(H,36,42);1-2H3. The van der Waals surface area contributed by atoms with Crippen LogP contribution in [0.1, 0.15) is 53.9 Å². The molecule has 46 heavy (non-hydrogen) atoms. The number of hydrogen-bond donors (Lipinski definition) is 1. The van der Waals surface area contributed by atoms with Crippen LogP contribution >= 0.6 is 0 Å². The molecule has 1 unspecified atom stereocenters. The van der Waals surface area contributed by atoms with Gasteiger partial charge in [-0.05, 0) is 42.7 Å². The van der Waals surface area contributed by atoms with Crippen molar-refractivity contribution >= 4 is 34.4 Å². The Balaban J connectivity index is 0.00000204. The fourth-order valence-corrected chi connectivity index (χ4v) is 6.02. The first kappa shape index (κ1) is 32.5. The number of hydrogen-bond acceptors (Lipinski definition) is 6. The van der Waals surface area contributed by atoms with E-state index >= 15 is 0 Å². The molecule has 9 heteroatoms. The molecule has 0 saturated carbocycles. The number of nitrogens with one attached hydrogen (secondary N) is 1. The van der Waals surface area contributed by atoms with E-state index in [1.54, 1.807) is 29.2 Å². The number of piperazine rings is 1. The van der Waals surface area contributed by atoms with Crippen molar-refractivity contribution in [2.24, 2.45) is 0 Å². The zero-order valence-corrected chi connectivity index (χ0v) is 26.8. The monoisotopic (exact) mass is 622 g/mol. The minimum Gasteiger partial charge on any atom is -0.451 e. The largest absolute Gasteiger partial charge is 0.451 e. The van der Waals surface area contributed by atoms with Gasteiger partial charge in [0.05, 0.1) is 5.39 Å². The maximum absolute atomic E-state index is 13.9. The number of rotatable bonds is 8. The molecule has 0 bridgehead atoms. The maximum Gasteiger partial charge on any atom is 0.287 e. The molecule has 9 nitrogen and oxygen atoms in total. The highest BCUT2D eigenvalue weighted by atomic mass is 16.3. The van der Waals surface area contributed by atoms with Gasteiger partial charge in [0.2, 0.25) is 11.8 Å². The second-order valence-electron chi connectivity index (χ2n) is 11.5. The normalized spacial score (nSPS) is 15.4. The molecule has 0 aliphatic carbocycles. The minimum absolute atomic E-state index is 0.131. The lowest BCUT2D eigenvalue weighted by Gasteiger charge is -2.38. The van der Waals surface area contributed by atoms with Crippen LogP contribution in [0, 0.1) is 6.92 Å². The highest BCUT2D eigenvalue weighted by Gasteiger charge is 2.31. The molecule has 4 aromatic rings. The Hall–Kier alpha value is -4.92. The molecule has 3 heterocycles. The molecule has 1 aromatic heterocycles. The summed E-state index contributed by atoms with van der Waals surface area (Å²) >= 11 is 0. The lowest BCUT2D eigenvalue weighted by atomic mass is 10.0. The zero-order valence-electron chi connectivity index (χ0n) is 26.8.